The zero-order valence-corrected chi connectivity index (χ0v) is 16.2. The number of rotatable bonds is 9. The van der Waals surface area contributed by atoms with Gasteiger partial charge >= 0.3 is 0 Å². The lowest BCUT2D eigenvalue weighted by Gasteiger charge is -2.15. The van der Waals surface area contributed by atoms with E-state index in [0.717, 1.165) is 5.56 Å². The van der Waals surface area contributed by atoms with Crippen LogP contribution in [0.2, 0.25) is 0 Å². The molecule has 0 saturated heterocycles. The van der Waals surface area contributed by atoms with Gasteiger partial charge in [0, 0.05) is 12.6 Å². The zero-order chi connectivity index (χ0) is 20.5. The molecule has 8 heteroatoms. The fourth-order valence-electron chi connectivity index (χ4n) is 2.49. The van der Waals surface area contributed by atoms with Gasteiger partial charge in [0.15, 0.2) is 29.6 Å². The molecule has 28 heavy (non-hydrogen) atoms. The van der Waals surface area contributed by atoms with E-state index in [1.54, 1.807) is 30.3 Å². The summed E-state index contributed by atoms with van der Waals surface area (Å²) >= 11 is 0. The Morgan fingerprint density at radius 3 is 2.11 bits per heavy atom. The van der Waals surface area contributed by atoms with Crippen molar-refractivity contribution in [2.75, 3.05) is 35.0 Å². The van der Waals surface area contributed by atoms with Gasteiger partial charge in [-0.05, 0) is 29.8 Å². The molecule has 0 atom stereocenters. The van der Waals surface area contributed by atoms with Crippen molar-refractivity contribution in [3.63, 3.8) is 0 Å². The third-order valence-electron chi connectivity index (χ3n) is 3.87. The van der Waals surface area contributed by atoms with Gasteiger partial charge in [-0.1, -0.05) is 0 Å². The molecule has 1 amide bonds. The molecule has 0 unspecified atom stereocenters. The maximum Gasteiger partial charge on any atom is 0.258 e. The van der Waals surface area contributed by atoms with Crippen LogP contribution in [0, 0.1) is 11.3 Å². The van der Waals surface area contributed by atoms with Gasteiger partial charge in [-0.25, -0.2) is 0 Å². The lowest BCUT2D eigenvalue weighted by molar-refractivity contribution is -0.123. The monoisotopic (exact) mass is 386 g/mol. The van der Waals surface area contributed by atoms with Crippen molar-refractivity contribution in [3.8, 4) is 34.8 Å². The second kappa shape index (κ2) is 9.92. The minimum absolute atomic E-state index is 0.202. The van der Waals surface area contributed by atoms with Crippen molar-refractivity contribution >= 4 is 5.91 Å². The predicted molar refractivity (Wildman–Crippen MR) is 101 cm³/mol. The third-order valence-corrected chi connectivity index (χ3v) is 3.87. The second-order valence-electron chi connectivity index (χ2n) is 5.58. The summed E-state index contributed by atoms with van der Waals surface area (Å²) in [6.07, 6.45) is 0. The molecular formula is C20H22N2O6. The number of methoxy groups -OCH3 is 4. The highest BCUT2D eigenvalue weighted by molar-refractivity contribution is 5.77. The highest BCUT2D eigenvalue weighted by Gasteiger charge is 2.14. The van der Waals surface area contributed by atoms with Crippen molar-refractivity contribution in [3.05, 3.63) is 41.5 Å². The van der Waals surface area contributed by atoms with E-state index in [-0.39, 0.29) is 19.1 Å². The lowest BCUT2D eigenvalue weighted by atomic mass is 10.1. The first kappa shape index (κ1) is 20.7. The average molecular weight is 386 g/mol. The van der Waals surface area contributed by atoms with Gasteiger partial charge in [-0.3, -0.25) is 4.79 Å². The summed E-state index contributed by atoms with van der Waals surface area (Å²) < 4.78 is 26.5. The molecule has 0 fully saturated rings. The summed E-state index contributed by atoms with van der Waals surface area (Å²) in [5, 5.41) is 11.7. The average Bonchev–Trinajstić information content (AvgIpc) is 2.74. The number of carbonyl (C=O) groups excluding carboxylic acids is 1. The van der Waals surface area contributed by atoms with Crippen LogP contribution in [-0.2, 0) is 11.3 Å². The van der Waals surface area contributed by atoms with E-state index in [2.05, 4.69) is 5.32 Å². The molecule has 0 aliphatic heterocycles. The first-order valence-electron chi connectivity index (χ1n) is 8.32. The molecule has 0 heterocycles. The van der Waals surface area contributed by atoms with Crippen LogP contribution in [0.25, 0.3) is 0 Å². The van der Waals surface area contributed by atoms with Gasteiger partial charge in [-0.2, -0.15) is 5.26 Å². The molecule has 0 aliphatic rings. The van der Waals surface area contributed by atoms with Crippen molar-refractivity contribution in [1.29, 1.82) is 5.26 Å². The van der Waals surface area contributed by atoms with Gasteiger partial charge < -0.3 is 29.0 Å². The Morgan fingerprint density at radius 1 is 0.929 bits per heavy atom. The Kier molecular flexibility index (Phi) is 7.34. The number of nitrogens with one attached hydrogen (secondary N) is 1. The fraction of sp³-hybridized carbons (Fsp3) is 0.300. The van der Waals surface area contributed by atoms with Crippen LogP contribution >= 0.6 is 0 Å². The Hall–Kier alpha value is -3.60. The van der Waals surface area contributed by atoms with E-state index in [1.165, 1.54) is 28.4 Å². The quantitative estimate of drug-likeness (QED) is 0.706. The predicted octanol–water partition coefficient (Wildman–Crippen LogP) is 2.29. The molecule has 0 aliphatic carbocycles. The van der Waals surface area contributed by atoms with Gasteiger partial charge in [0.1, 0.15) is 0 Å². The van der Waals surface area contributed by atoms with Crippen LogP contribution in [0.3, 0.4) is 0 Å². The smallest absolute Gasteiger partial charge is 0.258 e. The topological polar surface area (TPSA) is 99.0 Å². The van der Waals surface area contributed by atoms with Crippen molar-refractivity contribution in [2.45, 2.75) is 6.54 Å². The Bertz CT molecular complexity index is 850. The van der Waals surface area contributed by atoms with E-state index in [1.807, 2.05) is 6.07 Å². The maximum absolute atomic E-state index is 12.1. The van der Waals surface area contributed by atoms with Gasteiger partial charge in [-0.15, -0.1) is 0 Å². The number of amides is 1. The van der Waals surface area contributed by atoms with Crippen LogP contribution in [0.1, 0.15) is 11.1 Å². The Labute approximate surface area is 163 Å². The van der Waals surface area contributed by atoms with Crippen LogP contribution in [0.5, 0.6) is 28.7 Å². The standard InChI is InChI=1S/C20H22N2O6/c1-24-16-7-13(10-21)5-6-15(16)28-12-19(23)22-11-14-8-17(25-2)20(27-4)18(9-14)26-3/h5-9H,11-12H2,1-4H3,(H,22,23). The number of hydrogen-bond donors (Lipinski definition) is 1. The van der Waals surface area contributed by atoms with Gasteiger partial charge in [0.05, 0.1) is 40.1 Å². The maximum atomic E-state index is 12.1. The van der Waals surface area contributed by atoms with Crippen LogP contribution in [0.15, 0.2) is 30.3 Å². The second-order valence-corrected chi connectivity index (χ2v) is 5.58. The largest absolute Gasteiger partial charge is 0.493 e. The van der Waals surface area contributed by atoms with Crippen molar-refractivity contribution in [1.82, 2.24) is 5.32 Å². The number of ether oxygens (including phenoxy) is 5. The van der Waals surface area contributed by atoms with E-state index >= 15 is 0 Å². The molecule has 1 N–H and O–H groups in total. The summed E-state index contributed by atoms with van der Waals surface area (Å²) in [5.74, 6) is 1.94. The SMILES string of the molecule is COc1cc(C#N)ccc1OCC(=O)NCc1cc(OC)c(OC)c(OC)c1. The minimum Gasteiger partial charge on any atom is -0.493 e. The zero-order valence-electron chi connectivity index (χ0n) is 16.2. The summed E-state index contributed by atoms with van der Waals surface area (Å²) in [5.41, 5.74) is 1.22. The molecule has 2 rings (SSSR count). The fourth-order valence-corrected chi connectivity index (χ4v) is 2.49. The third kappa shape index (κ3) is 4.98. The van der Waals surface area contributed by atoms with E-state index in [9.17, 15) is 4.79 Å². The summed E-state index contributed by atoms with van der Waals surface area (Å²) in [4.78, 5) is 12.1. The number of benzene rings is 2. The summed E-state index contributed by atoms with van der Waals surface area (Å²) in [6, 6.07) is 10.2. The number of carbonyl (C=O) groups is 1. The Morgan fingerprint density at radius 2 is 1.57 bits per heavy atom. The highest BCUT2D eigenvalue weighted by Crippen LogP contribution is 2.38. The summed E-state index contributed by atoms with van der Waals surface area (Å²) in [6.45, 7) is 0.0517. The Balaban J connectivity index is 1.99. The minimum atomic E-state index is -0.319. The van der Waals surface area contributed by atoms with Crippen molar-refractivity contribution < 1.29 is 28.5 Å². The molecule has 0 saturated carbocycles. The molecule has 0 spiro atoms. The van der Waals surface area contributed by atoms with Crippen molar-refractivity contribution in [2.24, 2.45) is 0 Å². The molecule has 0 aromatic heterocycles. The highest BCUT2D eigenvalue weighted by atomic mass is 16.5. The van der Waals surface area contributed by atoms with Gasteiger partial charge in [0.25, 0.3) is 5.91 Å². The normalized spacial score (nSPS) is 9.82. The number of nitriles is 1. The van der Waals surface area contributed by atoms with Crippen LogP contribution in [0.4, 0.5) is 0 Å². The number of nitrogens with zero attached hydrogens (tertiary/aromatic N) is 1. The molecule has 0 radical (unpaired) electrons. The van der Waals surface area contributed by atoms with Gasteiger partial charge in [0.2, 0.25) is 5.75 Å². The molecule has 148 valence electrons. The first-order valence-corrected chi connectivity index (χ1v) is 8.32. The van der Waals surface area contributed by atoms with E-state index in [4.69, 9.17) is 28.9 Å². The molecule has 8 nitrogen and oxygen atoms in total. The first-order chi connectivity index (χ1) is 13.6. The van der Waals surface area contributed by atoms with E-state index < -0.39 is 0 Å². The number of hydrogen-bond acceptors (Lipinski definition) is 7. The van der Waals surface area contributed by atoms with E-state index in [0.29, 0.717) is 34.3 Å². The summed E-state index contributed by atoms with van der Waals surface area (Å²) in [7, 11) is 6.04. The lowest BCUT2D eigenvalue weighted by Crippen LogP contribution is -2.28. The molecule has 2 aromatic rings. The van der Waals surface area contributed by atoms with Crippen LogP contribution < -0.4 is 29.0 Å². The van der Waals surface area contributed by atoms with Crippen LogP contribution in [-0.4, -0.2) is 41.0 Å². The molecule has 0 bridgehead atoms. The molecule has 2 aromatic carbocycles. The molecular weight excluding hydrogens is 364 g/mol.